The van der Waals surface area contributed by atoms with Gasteiger partial charge in [0.25, 0.3) is 0 Å². The lowest BCUT2D eigenvalue weighted by atomic mass is 9.75. The summed E-state index contributed by atoms with van der Waals surface area (Å²) in [5.74, 6) is 1.85. The number of rotatable bonds is 3. The lowest BCUT2D eigenvalue weighted by Gasteiger charge is -2.36. The van der Waals surface area contributed by atoms with E-state index in [1.54, 1.807) is 0 Å². The van der Waals surface area contributed by atoms with E-state index < -0.39 is 0 Å². The Morgan fingerprint density at radius 2 is 2.07 bits per heavy atom. The number of ether oxygens (including phenoxy) is 1. The minimum atomic E-state index is -0.0419. The average molecular weight is 212 g/mol. The molecule has 0 radical (unpaired) electrons. The average Bonchev–Trinajstić information content (AvgIpc) is 2.17. The molecular weight excluding hydrogens is 188 g/mol. The molecule has 1 unspecified atom stereocenters. The van der Waals surface area contributed by atoms with Gasteiger partial charge >= 0.3 is 5.97 Å². The van der Waals surface area contributed by atoms with Crippen molar-refractivity contribution in [1.82, 2.24) is 0 Å². The molecule has 2 nitrogen and oxygen atoms in total. The van der Waals surface area contributed by atoms with Gasteiger partial charge in [0, 0.05) is 6.42 Å². The van der Waals surface area contributed by atoms with Gasteiger partial charge < -0.3 is 4.74 Å². The molecule has 0 amide bonds. The number of carbonyl (C=O) groups excluding carboxylic acids is 1. The molecule has 0 N–H and O–H groups in total. The number of esters is 1. The van der Waals surface area contributed by atoms with Gasteiger partial charge in [0.15, 0.2) is 0 Å². The van der Waals surface area contributed by atoms with Crippen LogP contribution in [0.25, 0.3) is 0 Å². The van der Waals surface area contributed by atoms with E-state index >= 15 is 0 Å². The van der Waals surface area contributed by atoms with Gasteiger partial charge in [-0.2, -0.15) is 0 Å². The highest BCUT2D eigenvalue weighted by Crippen LogP contribution is 2.35. The predicted octanol–water partition coefficient (Wildman–Crippen LogP) is 3.40. The Labute approximate surface area is 93.4 Å². The van der Waals surface area contributed by atoms with Gasteiger partial charge in [0.1, 0.15) is 6.10 Å². The molecule has 3 atom stereocenters. The third-order valence-corrected chi connectivity index (χ3v) is 3.53. The Bertz CT molecular complexity index is 211. The van der Waals surface area contributed by atoms with Gasteiger partial charge in [-0.25, -0.2) is 0 Å². The van der Waals surface area contributed by atoms with Crippen LogP contribution in [-0.4, -0.2) is 12.1 Å². The second kappa shape index (κ2) is 5.53. The minimum Gasteiger partial charge on any atom is -0.462 e. The van der Waals surface area contributed by atoms with Gasteiger partial charge in [0.05, 0.1) is 0 Å². The van der Waals surface area contributed by atoms with E-state index in [0.717, 1.165) is 6.42 Å². The first-order chi connectivity index (χ1) is 7.04. The van der Waals surface area contributed by atoms with Crippen molar-refractivity contribution in [2.75, 3.05) is 0 Å². The van der Waals surface area contributed by atoms with E-state index in [0.29, 0.717) is 24.2 Å². The van der Waals surface area contributed by atoms with Crippen molar-refractivity contribution in [3.8, 4) is 0 Å². The van der Waals surface area contributed by atoms with Crippen LogP contribution >= 0.6 is 0 Å². The van der Waals surface area contributed by atoms with E-state index in [9.17, 15) is 4.79 Å². The molecule has 0 aromatic rings. The fraction of sp³-hybridized carbons (Fsp3) is 0.923. The molecule has 1 rings (SSSR count). The van der Waals surface area contributed by atoms with Gasteiger partial charge in [-0.3, -0.25) is 4.79 Å². The molecule has 88 valence electrons. The zero-order chi connectivity index (χ0) is 11.4. The SMILES string of the molecule is CCC(=O)O[C@H]1C[C@H](C)CCC1C(C)C. The second-order valence-electron chi connectivity index (χ2n) is 5.21. The largest absolute Gasteiger partial charge is 0.462 e. The Hall–Kier alpha value is -0.530. The molecular formula is C13H24O2. The molecule has 0 aromatic carbocycles. The molecule has 0 aromatic heterocycles. The van der Waals surface area contributed by atoms with Crippen LogP contribution in [0.2, 0.25) is 0 Å². The third kappa shape index (κ3) is 3.51. The lowest BCUT2D eigenvalue weighted by molar-refractivity contribution is -0.155. The molecule has 0 bridgehead atoms. The van der Waals surface area contributed by atoms with Crippen molar-refractivity contribution in [2.24, 2.45) is 17.8 Å². The lowest BCUT2D eigenvalue weighted by Crippen LogP contribution is -2.35. The monoisotopic (exact) mass is 212 g/mol. The van der Waals surface area contributed by atoms with Gasteiger partial charge in [0.2, 0.25) is 0 Å². The first-order valence-corrected chi connectivity index (χ1v) is 6.24. The van der Waals surface area contributed by atoms with Gasteiger partial charge in [-0.1, -0.05) is 34.1 Å². The quantitative estimate of drug-likeness (QED) is 0.670. The third-order valence-electron chi connectivity index (χ3n) is 3.53. The summed E-state index contributed by atoms with van der Waals surface area (Å²) in [5.41, 5.74) is 0. The Morgan fingerprint density at radius 3 is 2.60 bits per heavy atom. The second-order valence-corrected chi connectivity index (χ2v) is 5.21. The van der Waals surface area contributed by atoms with Crippen LogP contribution in [0.1, 0.15) is 53.4 Å². The Kier molecular flexibility index (Phi) is 4.62. The van der Waals surface area contributed by atoms with Crippen LogP contribution in [0, 0.1) is 17.8 Å². The van der Waals surface area contributed by atoms with Crippen molar-refractivity contribution in [3.05, 3.63) is 0 Å². The summed E-state index contributed by atoms with van der Waals surface area (Å²) < 4.78 is 5.55. The molecule has 0 saturated heterocycles. The summed E-state index contributed by atoms with van der Waals surface area (Å²) in [6.45, 7) is 8.57. The maximum Gasteiger partial charge on any atom is 0.305 e. The number of hydrogen-bond donors (Lipinski definition) is 0. The van der Waals surface area contributed by atoms with Crippen LogP contribution in [0.3, 0.4) is 0 Å². The zero-order valence-electron chi connectivity index (χ0n) is 10.5. The molecule has 15 heavy (non-hydrogen) atoms. The molecule has 2 heteroatoms. The topological polar surface area (TPSA) is 26.3 Å². The standard InChI is InChI=1S/C13H24O2/c1-5-13(14)15-12-8-10(4)6-7-11(12)9(2)3/h9-12H,5-8H2,1-4H3/t10-,11?,12+/m1/s1. The first kappa shape index (κ1) is 12.5. The zero-order valence-corrected chi connectivity index (χ0v) is 10.5. The molecule has 0 spiro atoms. The number of carbonyl (C=O) groups is 1. The van der Waals surface area contributed by atoms with Crippen LogP contribution in [0.5, 0.6) is 0 Å². The van der Waals surface area contributed by atoms with Gasteiger partial charge in [-0.05, 0) is 30.6 Å². The Morgan fingerprint density at radius 1 is 1.40 bits per heavy atom. The highest BCUT2D eigenvalue weighted by molar-refractivity contribution is 5.69. The predicted molar refractivity (Wildman–Crippen MR) is 61.5 cm³/mol. The molecule has 1 saturated carbocycles. The highest BCUT2D eigenvalue weighted by atomic mass is 16.5. The van der Waals surface area contributed by atoms with Crippen molar-refractivity contribution >= 4 is 5.97 Å². The summed E-state index contributed by atoms with van der Waals surface area (Å²) in [5, 5.41) is 0. The van der Waals surface area contributed by atoms with E-state index in [4.69, 9.17) is 4.74 Å². The maximum atomic E-state index is 11.3. The summed E-state index contributed by atoms with van der Waals surface area (Å²) in [6, 6.07) is 0. The maximum absolute atomic E-state index is 11.3. The summed E-state index contributed by atoms with van der Waals surface area (Å²) in [7, 11) is 0. The smallest absolute Gasteiger partial charge is 0.305 e. The summed E-state index contributed by atoms with van der Waals surface area (Å²) in [6.07, 6.45) is 4.20. The number of hydrogen-bond acceptors (Lipinski definition) is 2. The van der Waals surface area contributed by atoms with Crippen molar-refractivity contribution in [2.45, 2.75) is 59.5 Å². The van der Waals surface area contributed by atoms with E-state index in [-0.39, 0.29) is 12.1 Å². The van der Waals surface area contributed by atoms with Crippen LogP contribution < -0.4 is 0 Å². The summed E-state index contributed by atoms with van der Waals surface area (Å²) in [4.78, 5) is 11.3. The van der Waals surface area contributed by atoms with Crippen molar-refractivity contribution in [3.63, 3.8) is 0 Å². The highest BCUT2D eigenvalue weighted by Gasteiger charge is 2.32. The van der Waals surface area contributed by atoms with E-state index in [1.807, 2.05) is 6.92 Å². The van der Waals surface area contributed by atoms with Gasteiger partial charge in [-0.15, -0.1) is 0 Å². The van der Waals surface area contributed by atoms with Crippen molar-refractivity contribution in [1.29, 1.82) is 0 Å². The molecule has 1 fully saturated rings. The summed E-state index contributed by atoms with van der Waals surface area (Å²) >= 11 is 0. The van der Waals surface area contributed by atoms with Crippen molar-refractivity contribution < 1.29 is 9.53 Å². The fourth-order valence-corrected chi connectivity index (χ4v) is 2.50. The molecule has 0 aliphatic heterocycles. The van der Waals surface area contributed by atoms with Crippen LogP contribution in [0.4, 0.5) is 0 Å². The molecule has 1 aliphatic rings. The molecule has 1 aliphatic carbocycles. The fourth-order valence-electron chi connectivity index (χ4n) is 2.50. The van der Waals surface area contributed by atoms with Crippen LogP contribution in [-0.2, 0) is 9.53 Å². The first-order valence-electron chi connectivity index (χ1n) is 6.24. The van der Waals surface area contributed by atoms with Crippen LogP contribution in [0.15, 0.2) is 0 Å². The molecule has 0 heterocycles. The van der Waals surface area contributed by atoms with E-state index in [2.05, 4.69) is 20.8 Å². The minimum absolute atomic E-state index is 0.0419. The Balaban J connectivity index is 2.57. The normalized spacial score (nSPS) is 31.7. The van der Waals surface area contributed by atoms with E-state index in [1.165, 1.54) is 12.8 Å².